The van der Waals surface area contributed by atoms with Crippen molar-refractivity contribution < 1.29 is 18.1 Å². The number of nitrogens with zero attached hydrogens (tertiary/aromatic N) is 4. The first-order valence-electron chi connectivity index (χ1n) is 21.1. The van der Waals surface area contributed by atoms with Gasteiger partial charge in [-0.25, -0.2) is 13.1 Å². The molecule has 2 fully saturated rings. The number of anilines is 2. The van der Waals surface area contributed by atoms with E-state index in [1.807, 2.05) is 48.5 Å². The van der Waals surface area contributed by atoms with Gasteiger partial charge in [0.05, 0.1) is 9.82 Å². The number of halogens is 1. The Morgan fingerprint density at radius 3 is 2.43 bits per heavy atom. The summed E-state index contributed by atoms with van der Waals surface area (Å²) >= 11 is 7.83. The predicted octanol–water partition coefficient (Wildman–Crippen LogP) is 9.12. The summed E-state index contributed by atoms with van der Waals surface area (Å²) in [5, 5.41) is 16.5. The molecule has 2 atom stereocenters. The number of nitrogens with one attached hydrogen (secondary N) is 2. The summed E-state index contributed by atoms with van der Waals surface area (Å²) in [7, 11) is -4.44. The molecule has 1 amide bonds. The highest BCUT2D eigenvalue weighted by molar-refractivity contribution is 7.99. The Morgan fingerprint density at radius 2 is 1.64 bits per heavy atom. The molecular weight excluding hydrogens is 828 g/mol. The van der Waals surface area contributed by atoms with Gasteiger partial charge in [0.1, 0.15) is 5.69 Å². The number of carbonyl (C=O) groups excluding carboxylic acids is 1. The van der Waals surface area contributed by atoms with Gasteiger partial charge in [0.2, 0.25) is 0 Å². The zero-order valence-electron chi connectivity index (χ0n) is 34.0. The minimum absolute atomic E-state index is 0.112. The van der Waals surface area contributed by atoms with Crippen LogP contribution in [0.5, 0.6) is 0 Å². The van der Waals surface area contributed by atoms with Crippen LogP contribution in [0.3, 0.4) is 0 Å². The molecule has 11 nitrogen and oxygen atoms in total. The molecule has 0 aliphatic carbocycles. The van der Waals surface area contributed by atoms with Gasteiger partial charge in [-0.05, 0) is 122 Å². The molecule has 5 aromatic carbocycles. The number of nitro groups is 1. The van der Waals surface area contributed by atoms with Crippen LogP contribution in [0.4, 0.5) is 17.1 Å². The molecule has 0 radical (unpaired) electrons. The summed E-state index contributed by atoms with van der Waals surface area (Å²) in [5.41, 5.74) is 5.76. The fourth-order valence-electron chi connectivity index (χ4n) is 8.81. The molecule has 5 aromatic rings. The van der Waals surface area contributed by atoms with Gasteiger partial charge in [-0.2, -0.15) is 0 Å². The van der Waals surface area contributed by atoms with Crippen molar-refractivity contribution in [1.29, 1.82) is 0 Å². The van der Waals surface area contributed by atoms with E-state index >= 15 is 0 Å². The highest BCUT2D eigenvalue weighted by atomic mass is 35.5. The van der Waals surface area contributed by atoms with Crippen molar-refractivity contribution in [2.75, 3.05) is 55.2 Å². The first kappa shape index (κ1) is 42.8. The van der Waals surface area contributed by atoms with Gasteiger partial charge in [-0.1, -0.05) is 72.6 Å². The van der Waals surface area contributed by atoms with Gasteiger partial charge in [0.15, 0.2) is 0 Å². The van der Waals surface area contributed by atoms with Crippen molar-refractivity contribution in [3.05, 3.63) is 147 Å². The lowest BCUT2D eigenvalue weighted by Crippen LogP contribution is -2.54. The minimum atomic E-state index is -4.44. The summed E-state index contributed by atoms with van der Waals surface area (Å²) in [6, 6.07) is 35.8. The third kappa shape index (κ3) is 10.6. The standard InChI is InChI=1S/C47H51ClN6O5S2/c48-38-17-13-34(14-18-38)43-12-6-5-9-37(43)31-52-27-28-53-40(32-52)19-15-35-29-36(16-22-45(35)53)47(55)50-61(58,59)42-20-21-44(46(30-42)54(56)57)49-39(23-26-51-24-7-2-8-25-51)33-60-41-10-3-1-4-11-41/h1,3-6,9-14,16-18,20-22,29-30,39-40,49H,2,7-8,15,19,23-28,31-33H2,(H,50,55)/t39-,40+/m1/s1. The fourth-order valence-corrected chi connectivity index (χ4v) is 10.9. The van der Waals surface area contributed by atoms with Crippen LogP contribution in [-0.4, -0.2) is 86.2 Å². The maximum atomic E-state index is 13.6. The van der Waals surface area contributed by atoms with Gasteiger partial charge >= 0.3 is 0 Å². The van der Waals surface area contributed by atoms with E-state index in [2.05, 4.69) is 61.1 Å². The minimum Gasteiger partial charge on any atom is -0.376 e. The number of piperazine rings is 1. The highest BCUT2D eigenvalue weighted by Gasteiger charge is 2.33. The number of fused-ring (bicyclic) bond motifs is 3. The Bertz CT molecular complexity index is 2450. The van der Waals surface area contributed by atoms with Crippen molar-refractivity contribution in [1.82, 2.24) is 14.5 Å². The van der Waals surface area contributed by atoms with Crippen LogP contribution in [-0.2, 0) is 23.0 Å². The molecule has 0 unspecified atom stereocenters. The van der Waals surface area contributed by atoms with E-state index in [-0.39, 0.29) is 27.9 Å². The maximum absolute atomic E-state index is 13.6. The Balaban J connectivity index is 0.914. The SMILES string of the molecule is O=C(NS(=O)(=O)c1ccc(N[C@H](CCN2CCCCC2)CSc2ccccc2)c([N+](=O)[O-])c1)c1ccc2c(c1)CC[C@H]1CN(Cc3ccccc3-c3ccc(Cl)cc3)CCN21. The molecule has 0 spiro atoms. The van der Waals surface area contributed by atoms with Crippen molar-refractivity contribution >= 4 is 56.4 Å². The van der Waals surface area contributed by atoms with Crippen molar-refractivity contribution in [2.45, 2.75) is 66.9 Å². The van der Waals surface area contributed by atoms with Gasteiger partial charge < -0.3 is 15.1 Å². The first-order valence-corrected chi connectivity index (χ1v) is 23.9. The predicted molar refractivity (Wildman–Crippen MR) is 245 cm³/mol. The Morgan fingerprint density at radius 1 is 0.869 bits per heavy atom. The van der Waals surface area contributed by atoms with E-state index in [4.69, 9.17) is 11.6 Å². The van der Waals surface area contributed by atoms with Crippen LogP contribution in [0.1, 0.15) is 53.6 Å². The quantitative estimate of drug-likeness (QED) is 0.0597. The van der Waals surface area contributed by atoms with Crippen LogP contribution in [0.2, 0.25) is 5.02 Å². The second kappa shape index (κ2) is 19.4. The topological polar surface area (TPSA) is 128 Å². The average Bonchev–Trinajstić information content (AvgIpc) is 3.28. The largest absolute Gasteiger partial charge is 0.376 e. The molecule has 61 heavy (non-hydrogen) atoms. The number of piperidine rings is 1. The lowest BCUT2D eigenvalue weighted by atomic mass is 9.92. The zero-order chi connectivity index (χ0) is 42.3. The number of aryl methyl sites for hydroxylation is 1. The van der Waals surface area contributed by atoms with Crippen molar-refractivity contribution in [3.8, 4) is 11.1 Å². The molecule has 0 aromatic heterocycles. The van der Waals surface area contributed by atoms with Gasteiger partial charge in [-0.3, -0.25) is 19.8 Å². The van der Waals surface area contributed by atoms with E-state index in [0.717, 1.165) is 92.9 Å². The second-order valence-corrected chi connectivity index (χ2v) is 19.4. The number of thioether (sulfide) groups is 1. The molecule has 8 rings (SSSR count). The normalized spacial score (nSPS) is 17.5. The molecule has 0 saturated carbocycles. The summed E-state index contributed by atoms with van der Waals surface area (Å²) in [6.07, 6.45) is 6.00. The van der Waals surface area contributed by atoms with Gasteiger partial charge in [0.25, 0.3) is 21.6 Å². The molecule has 3 aliphatic heterocycles. The maximum Gasteiger partial charge on any atom is 0.293 e. The molecule has 318 valence electrons. The summed E-state index contributed by atoms with van der Waals surface area (Å²) < 4.78 is 29.4. The number of carbonyl (C=O) groups is 1. The monoisotopic (exact) mass is 878 g/mol. The average molecular weight is 880 g/mol. The zero-order valence-corrected chi connectivity index (χ0v) is 36.4. The summed E-state index contributed by atoms with van der Waals surface area (Å²) in [6.45, 7) is 6.39. The van der Waals surface area contributed by atoms with Crippen LogP contribution >= 0.6 is 23.4 Å². The third-order valence-corrected chi connectivity index (χ3v) is 14.8. The summed E-state index contributed by atoms with van der Waals surface area (Å²) in [5.74, 6) is -0.112. The Kier molecular flexibility index (Phi) is 13.6. The van der Waals surface area contributed by atoms with Crippen LogP contribution < -0.4 is 14.9 Å². The van der Waals surface area contributed by atoms with E-state index < -0.39 is 20.9 Å². The molecule has 14 heteroatoms. The third-order valence-electron chi connectivity index (χ3n) is 12.0. The number of likely N-dealkylation sites (tertiary alicyclic amines) is 1. The lowest BCUT2D eigenvalue weighted by Gasteiger charge is -2.46. The number of hydrogen-bond acceptors (Lipinski definition) is 10. The number of hydrogen-bond donors (Lipinski definition) is 2. The van der Waals surface area contributed by atoms with Gasteiger partial charge in [0, 0.05) is 77.8 Å². The molecule has 2 N–H and O–H groups in total. The van der Waals surface area contributed by atoms with Crippen molar-refractivity contribution in [3.63, 3.8) is 0 Å². The smallest absolute Gasteiger partial charge is 0.293 e. The molecule has 3 heterocycles. The highest BCUT2D eigenvalue weighted by Crippen LogP contribution is 2.35. The number of nitro benzene ring substituents is 1. The number of benzene rings is 5. The van der Waals surface area contributed by atoms with E-state index in [0.29, 0.717) is 16.8 Å². The Labute approximate surface area is 367 Å². The van der Waals surface area contributed by atoms with Crippen LogP contribution in [0.25, 0.3) is 11.1 Å². The number of rotatable bonds is 15. The molecule has 0 bridgehead atoms. The van der Waals surface area contributed by atoms with E-state index in [9.17, 15) is 23.3 Å². The van der Waals surface area contributed by atoms with Gasteiger partial charge in [-0.15, -0.1) is 11.8 Å². The molecule has 2 saturated heterocycles. The van der Waals surface area contributed by atoms with E-state index in [1.54, 1.807) is 23.9 Å². The summed E-state index contributed by atoms with van der Waals surface area (Å²) in [4.78, 5) is 33.4. The lowest BCUT2D eigenvalue weighted by molar-refractivity contribution is -0.384. The second-order valence-electron chi connectivity index (χ2n) is 16.2. The fraction of sp³-hybridized carbons (Fsp3) is 0.340. The van der Waals surface area contributed by atoms with Crippen LogP contribution in [0, 0.1) is 10.1 Å². The van der Waals surface area contributed by atoms with Crippen LogP contribution in [0.15, 0.2) is 125 Å². The van der Waals surface area contributed by atoms with E-state index in [1.165, 1.54) is 42.5 Å². The Hall–Kier alpha value is -4.92. The van der Waals surface area contributed by atoms with Crippen molar-refractivity contribution in [2.24, 2.45) is 0 Å². The number of amides is 1. The number of sulfonamides is 1. The molecular formula is C47H51ClN6O5S2. The first-order chi connectivity index (χ1) is 29.6. The molecule has 3 aliphatic rings.